The molecule has 0 radical (unpaired) electrons. The van der Waals surface area contributed by atoms with Crippen LogP contribution in [0, 0.1) is 5.82 Å². The van der Waals surface area contributed by atoms with Crippen molar-refractivity contribution >= 4 is 5.57 Å². The van der Waals surface area contributed by atoms with Crippen molar-refractivity contribution in [1.82, 2.24) is 0 Å². The van der Waals surface area contributed by atoms with Crippen molar-refractivity contribution < 1.29 is 17.6 Å². The van der Waals surface area contributed by atoms with Gasteiger partial charge in [0, 0.05) is 5.56 Å². The van der Waals surface area contributed by atoms with E-state index >= 15 is 0 Å². The number of benzene rings is 1. The zero-order valence-electron chi connectivity index (χ0n) is 6.53. The number of allylic oxidation sites excluding steroid dienone is 1. The third kappa shape index (κ3) is 2.08. The van der Waals surface area contributed by atoms with Gasteiger partial charge in [0.1, 0.15) is 5.82 Å². The summed E-state index contributed by atoms with van der Waals surface area (Å²) < 4.78 is 49.0. The second-order valence-corrected chi connectivity index (χ2v) is 2.46. The van der Waals surface area contributed by atoms with Crippen LogP contribution >= 0.6 is 0 Å². The largest absolute Gasteiger partial charge is 0.416 e. The number of alkyl halides is 3. The highest BCUT2D eigenvalue weighted by Gasteiger charge is 2.33. The van der Waals surface area contributed by atoms with E-state index in [4.69, 9.17) is 0 Å². The topological polar surface area (TPSA) is 0 Å². The fourth-order valence-electron chi connectivity index (χ4n) is 0.859. The van der Waals surface area contributed by atoms with Crippen LogP contribution < -0.4 is 0 Å². The Hall–Kier alpha value is -1.32. The molecule has 0 aromatic heterocycles. The molecule has 0 aliphatic carbocycles. The molecule has 1 rings (SSSR count). The average Bonchev–Trinajstić information content (AvgIpc) is 2.02. The lowest BCUT2D eigenvalue weighted by Crippen LogP contribution is -2.10. The minimum Gasteiger partial charge on any atom is -0.206 e. The maximum atomic E-state index is 12.8. The SMILES string of the molecule is C=C(c1ccccc1F)C(F)(F)F. The van der Waals surface area contributed by atoms with E-state index in [1.165, 1.54) is 12.1 Å². The standard InChI is InChI=1S/C9H6F4/c1-6(9(11,12)13)7-4-2-3-5-8(7)10/h2-5H,1H2. The van der Waals surface area contributed by atoms with E-state index in [0.717, 1.165) is 12.1 Å². The first kappa shape index (κ1) is 9.77. The van der Waals surface area contributed by atoms with Crippen LogP contribution in [0.2, 0.25) is 0 Å². The highest BCUT2D eigenvalue weighted by Crippen LogP contribution is 2.33. The first-order valence-corrected chi connectivity index (χ1v) is 3.44. The van der Waals surface area contributed by atoms with Gasteiger partial charge in [0.05, 0.1) is 5.57 Å². The molecule has 0 bridgehead atoms. The molecule has 0 nitrogen and oxygen atoms in total. The van der Waals surface area contributed by atoms with Gasteiger partial charge in [-0.05, 0) is 6.07 Å². The quantitative estimate of drug-likeness (QED) is 0.595. The zero-order chi connectivity index (χ0) is 10.1. The number of halogens is 4. The molecule has 0 heterocycles. The van der Waals surface area contributed by atoms with E-state index in [1.807, 2.05) is 0 Å². The van der Waals surface area contributed by atoms with Crippen molar-refractivity contribution in [2.45, 2.75) is 6.18 Å². The van der Waals surface area contributed by atoms with Crippen LogP contribution in [0.15, 0.2) is 30.8 Å². The van der Waals surface area contributed by atoms with Crippen LogP contribution in [0.3, 0.4) is 0 Å². The highest BCUT2D eigenvalue weighted by molar-refractivity contribution is 5.67. The zero-order valence-corrected chi connectivity index (χ0v) is 6.53. The lowest BCUT2D eigenvalue weighted by atomic mass is 10.1. The van der Waals surface area contributed by atoms with Gasteiger partial charge in [-0.2, -0.15) is 13.2 Å². The van der Waals surface area contributed by atoms with Gasteiger partial charge in [0.15, 0.2) is 0 Å². The molecule has 0 unspecified atom stereocenters. The Labute approximate surface area is 72.5 Å². The Bertz CT molecular complexity index is 325. The lowest BCUT2D eigenvalue weighted by Gasteiger charge is -2.10. The minimum absolute atomic E-state index is 0.505. The van der Waals surface area contributed by atoms with Gasteiger partial charge >= 0.3 is 6.18 Å². The molecular weight excluding hydrogens is 184 g/mol. The van der Waals surface area contributed by atoms with Gasteiger partial charge in [-0.1, -0.05) is 24.8 Å². The first-order valence-electron chi connectivity index (χ1n) is 3.44. The summed E-state index contributed by atoms with van der Waals surface area (Å²) in [7, 11) is 0. The van der Waals surface area contributed by atoms with E-state index in [2.05, 4.69) is 6.58 Å². The Balaban J connectivity index is 3.10. The van der Waals surface area contributed by atoms with Gasteiger partial charge in [-0.15, -0.1) is 0 Å². The highest BCUT2D eigenvalue weighted by atomic mass is 19.4. The Morgan fingerprint density at radius 3 is 2.15 bits per heavy atom. The summed E-state index contributed by atoms with van der Waals surface area (Å²) in [4.78, 5) is 0. The molecule has 0 spiro atoms. The fourth-order valence-corrected chi connectivity index (χ4v) is 0.859. The van der Waals surface area contributed by atoms with E-state index < -0.39 is 23.1 Å². The number of hydrogen-bond donors (Lipinski definition) is 0. The van der Waals surface area contributed by atoms with Gasteiger partial charge in [-0.25, -0.2) is 4.39 Å². The van der Waals surface area contributed by atoms with Gasteiger partial charge < -0.3 is 0 Å². The second kappa shape index (κ2) is 3.20. The van der Waals surface area contributed by atoms with Gasteiger partial charge in [0.2, 0.25) is 0 Å². The van der Waals surface area contributed by atoms with Crippen LogP contribution in [-0.2, 0) is 0 Å². The molecule has 0 saturated carbocycles. The van der Waals surface area contributed by atoms with E-state index in [-0.39, 0.29) is 0 Å². The Morgan fingerprint density at radius 2 is 1.69 bits per heavy atom. The summed E-state index contributed by atoms with van der Waals surface area (Å²) in [5.74, 6) is -0.912. The molecule has 70 valence electrons. The number of hydrogen-bond acceptors (Lipinski definition) is 0. The van der Waals surface area contributed by atoms with Crippen LogP contribution in [-0.4, -0.2) is 6.18 Å². The molecule has 0 fully saturated rings. The summed E-state index contributed by atoms with van der Waals surface area (Å²) in [5.41, 5.74) is -1.67. The van der Waals surface area contributed by atoms with Crippen LogP contribution in [0.5, 0.6) is 0 Å². The van der Waals surface area contributed by atoms with Crippen molar-refractivity contribution in [2.24, 2.45) is 0 Å². The Morgan fingerprint density at radius 1 is 1.15 bits per heavy atom. The molecule has 0 amide bonds. The molecule has 0 saturated heterocycles. The van der Waals surface area contributed by atoms with Crippen molar-refractivity contribution in [3.8, 4) is 0 Å². The average molecular weight is 190 g/mol. The monoisotopic (exact) mass is 190 g/mol. The smallest absolute Gasteiger partial charge is 0.206 e. The maximum Gasteiger partial charge on any atom is 0.416 e. The predicted molar refractivity (Wildman–Crippen MR) is 41.5 cm³/mol. The summed E-state index contributed by atoms with van der Waals surface area (Å²) >= 11 is 0. The third-order valence-electron chi connectivity index (χ3n) is 1.54. The maximum absolute atomic E-state index is 12.8. The Kier molecular flexibility index (Phi) is 2.40. The molecular formula is C9H6F4. The van der Waals surface area contributed by atoms with Crippen molar-refractivity contribution in [3.63, 3.8) is 0 Å². The molecule has 1 aromatic carbocycles. The first-order chi connectivity index (χ1) is 5.93. The van der Waals surface area contributed by atoms with Crippen LogP contribution in [0.25, 0.3) is 5.57 Å². The molecule has 4 heteroatoms. The van der Waals surface area contributed by atoms with Crippen LogP contribution in [0.4, 0.5) is 17.6 Å². The fraction of sp³-hybridized carbons (Fsp3) is 0.111. The minimum atomic E-state index is -4.58. The summed E-state index contributed by atoms with van der Waals surface area (Å²) in [6.45, 7) is 2.79. The molecule has 13 heavy (non-hydrogen) atoms. The summed E-state index contributed by atoms with van der Waals surface area (Å²) in [5, 5.41) is 0. The summed E-state index contributed by atoms with van der Waals surface area (Å²) in [6, 6.07) is 4.66. The second-order valence-electron chi connectivity index (χ2n) is 2.46. The van der Waals surface area contributed by atoms with Crippen LogP contribution in [0.1, 0.15) is 5.56 Å². The third-order valence-corrected chi connectivity index (χ3v) is 1.54. The van der Waals surface area contributed by atoms with Crippen molar-refractivity contribution in [2.75, 3.05) is 0 Å². The van der Waals surface area contributed by atoms with E-state index in [0.29, 0.717) is 0 Å². The molecule has 1 aromatic rings. The molecule has 0 atom stereocenters. The van der Waals surface area contributed by atoms with Gasteiger partial charge in [-0.3, -0.25) is 0 Å². The van der Waals surface area contributed by atoms with E-state index in [9.17, 15) is 17.6 Å². The van der Waals surface area contributed by atoms with Crippen molar-refractivity contribution in [3.05, 3.63) is 42.2 Å². The predicted octanol–water partition coefficient (Wildman–Crippen LogP) is 3.40. The molecule has 0 aliphatic heterocycles. The van der Waals surface area contributed by atoms with E-state index in [1.54, 1.807) is 0 Å². The van der Waals surface area contributed by atoms with Crippen molar-refractivity contribution in [1.29, 1.82) is 0 Å². The molecule has 0 aliphatic rings. The molecule has 0 N–H and O–H groups in total. The normalized spacial score (nSPS) is 11.4. The van der Waals surface area contributed by atoms with Gasteiger partial charge in [0.25, 0.3) is 0 Å². The summed E-state index contributed by atoms with van der Waals surface area (Å²) in [6.07, 6.45) is -4.58. The number of rotatable bonds is 1. The lowest BCUT2D eigenvalue weighted by molar-refractivity contribution is -0.0688.